The third-order valence-corrected chi connectivity index (χ3v) is 3.85. The van der Waals surface area contributed by atoms with Crippen LogP contribution >= 0.6 is 0 Å². The summed E-state index contributed by atoms with van der Waals surface area (Å²) in [6.07, 6.45) is 3.63. The first-order valence-electron chi connectivity index (χ1n) is 7.43. The van der Waals surface area contributed by atoms with Crippen LogP contribution in [0, 0.1) is 0 Å². The quantitative estimate of drug-likeness (QED) is 0.889. The van der Waals surface area contributed by atoms with Crippen molar-refractivity contribution in [3.63, 3.8) is 0 Å². The van der Waals surface area contributed by atoms with Gasteiger partial charge in [0.15, 0.2) is 5.76 Å². The lowest BCUT2D eigenvalue weighted by molar-refractivity contribution is -0.121. The largest absolute Gasteiger partial charge is 0.459 e. The second-order valence-corrected chi connectivity index (χ2v) is 5.34. The second-order valence-electron chi connectivity index (χ2n) is 5.34. The predicted octanol–water partition coefficient (Wildman–Crippen LogP) is 2.20. The lowest BCUT2D eigenvalue weighted by atomic mass is 10.1. The Morgan fingerprint density at radius 1 is 1.18 bits per heavy atom. The highest BCUT2D eigenvalue weighted by molar-refractivity contribution is 5.91. The maximum Gasteiger partial charge on any atom is 0.286 e. The SMILES string of the molecule is O=C(CCNC(=O)c1ccco1)NC1CCc2ccccc21. The number of fused-ring (bicyclic) bond motifs is 1. The van der Waals surface area contributed by atoms with Crippen LogP contribution in [0.1, 0.15) is 40.6 Å². The number of nitrogens with one attached hydrogen (secondary N) is 2. The summed E-state index contributed by atoms with van der Waals surface area (Å²) in [6.45, 7) is 0.291. The first-order chi connectivity index (χ1) is 10.7. The minimum Gasteiger partial charge on any atom is -0.459 e. The van der Waals surface area contributed by atoms with Crippen LogP contribution in [0.2, 0.25) is 0 Å². The van der Waals surface area contributed by atoms with E-state index in [9.17, 15) is 9.59 Å². The summed E-state index contributed by atoms with van der Waals surface area (Å²) in [6, 6.07) is 11.5. The molecule has 0 saturated heterocycles. The number of aryl methyl sites for hydroxylation is 1. The van der Waals surface area contributed by atoms with Gasteiger partial charge in [0, 0.05) is 13.0 Å². The molecule has 0 aliphatic heterocycles. The minimum atomic E-state index is -0.302. The van der Waals surface area contributed by atoms with Crippen LogP contribution in [0.15, 0.2) is 47.1 Å². The van der Waals surface area contributed by atoms with Crippen molar-refractivity contribution in [2.24, 2.45) is 0 Å². The second kappa shape index (κ2) is 6.47. The van der Waals surface area contributed by atoms with Crippen LogP contribution in [0.25, 0.3) is 0 Å². The van der Waals surface area contributed by atoms with Crippen molar-refractivity contribution < 1.29 is 14.0 Å². The number of benzene rings is 1. The summed E-state index contributed by atoms with van der Waals surface area (Å²) < 4.78 is 4.99. The first kappa shape index (κ1) is 14.4. The van der Waals surface area contributed by atoms with Gasteiger partial charge in [0.05, 0.1) is 12.3 Å². The summed E-state index contributed by atoms with van der Waals surface area (Å²) in [5.74, 6) is -0.101. The molecule has 114 valence electrons. The fraction of sp³-hybridized carbons (Fsp3) is 0.294. The van der Waals surface area contributed by atoms with E-state index in [1.165, 1.54) is 17.4 Å². The van der Waals surface area contributed by atoms with Gasteiger partial charge in [-0.25, -0.2) is 0 Å². The minimum absolute atomic E-state index is 0.0542. The molecule has 5 nitrogen and oxygen atoms in total. The van der Waals surface area contributed by atoms with Crippen molar-refractivity contribution in [2.45, 2.75) is 25.3 Å². The van der Waals surface area contributed by atoms with E-state index in [2.05, 4.69) is 22.8 Å². The topological polar surface area (TPSA) is 71.3 Å². The van der Waals surface area contributed by atoms with Gasteiger partial charge in [0.1, 0.15) is 0 Å². The van der Waals surface area contributed by atoms with E-state index in [1.807, 2.05) is 12.1 Å². The number of rotatable bonds is 5. The highest BCUT2D eigenvalue weighted by atomic mass is 16.3. The van der Waals surface area contributed by atoms with E-state index in [-0.39, 0.29) is 30.0 Å². The van der Waals surface area contributed by atoms with Crippen molar-refractivity contribution >= 4 is 11.8 Å². The molecule has 0 fully saturated rings. The molecule has 1 unspecified atom stereocenters. The molecule has 2 amide bonds. The van der Waals surface area contributed by atoms with E-state index in [0.717, 1.165) is 12.8 Å². The third-order valence-electron chi connectivity index (χ3n) is 3.85. The maximum atomic E-state index is 12.0. The summed E-state index contributed by atoms with van der Waals surface area (Å²) in [5.41, 5.74) is 2.51. The highest BCUT2D eigenvalue weighted by Gasteiger charge is 2.23. The van der Waals surface area contributed by atoms with Gasteiger partial charge >= 0.3 is 0 Å². The first-order valence-corrected chi connectivity index (χ1v) is 7.43. The molecular formula is C17H18N2O3. The molecular weight excluding hydrogens is 280 g/mol. The normalized spacial score (nSPS) is 16.1. The van der Waals surface area contributed by atoms with Crippen molar-refractivity contribution in [3.8, 4) is 0 Å². The van der Waals surface area contributed by atoms with Gasteiger partial charge < -0.3 is 15.1 Å². The Hall–Kier alpha value is -2.56. The van der Waals surface area contributed by atoms with Gasteiger partial charge in [-0.3, -0.25) is 9.59 Å². The van der Waals surface area contributed by atoms with Crippen LogP contribution in [-0.2, 0) is 11.2 Å². The van der Waals surface area contributed by atoms with Crippen molar-refractivity contribution in [1.29, 1.82) is 0 Å². The molecule has 0 saturated carbocycles. The number of furan rings is 1. The molecule has 1 heterocycles. The molecule has 1 aliphatic rings. The molecule has 1 aromatic carbocycles. The summed E-state index contributed by atoms with van der Waals surface area (Å²) in [4.78, 5) is 23.6. The van der Waals surface area contributed by atoms with E-state index in [1.54, 1.807) is 12.1 Å². The van der Waals surface area contributed by atoms with Crippen LogP contribution in [0.5, 0.6) is 0 Å². The van der Waals surface area contributed by atoms with Crippen LogP contribution in [0.4, 0.5) is 0 Å². The zero-order valence-corrected chi connectivity index (χ0v) is 12.2. The Balaban J connectivity index is 1.45. The number of carbonyl (C=O) groups excluding carboxylic acids is 2. The number of hydrogen-bond acceptors (Lipinski definition) is 3. The Morgan fingerprint density at radius 3 is 2.86 bits per heavy atom. The summed E-state index contributed by atoms with van der Waals surface area (Å²) in [5, 5.41) is 5.70. The predicted molar refractivity (Wildman–Crippen MR) is 81.3 cm³/mol. The maximum absolute atomic E-state index is 12.0. The smallest absolute Gasteiger partial charge is 0.286 e. The Bertz CT molecular complexity index is 664. The lowest BCUT2D eigenvalue weighted by Gasteiger charge is -2.14. The molecule has 5 heteroatoms. The van der Waals surface area contributed by atoms with Gasteiger partial charge in [-0.1, -0.05) is 24.3 Å². The average molecular weight is 298 g/mol. The third kappa shape index (κ3) is 3.19. The Morgan fingerprint density at radius 2 is 2.05 bits per heavy atom. The zero-order chi connectivity index (χ0) is 15.4. The zero-order valence-electron chi connectivity index (χ0n) is 12.2. The fourth-order valence-electron chi connectivity index (χ4n) is 2.76. The molecule has 2 N–H and O–H groups in total. The molecule has 1 aliphatic carbocycles. The fourth-order valence-corrected chi connectivity index (χ4v) is 2.76. The van der Waals surface area contributed by atoms with Crippen molar-refractivity contribution in [2.75, 3.05) is 6.54 Å². The summed E-state index contributed by atoms with van der Waals surface area (Å²) >= 11 is 0. The molecule has 2 aromatic rings. The highest BCUT2D eigenvalue weighted by Crippen LogP contribution is 2.30. The van der Waals surface area contributed by atoms with Gasteiger partial charge in [0.2, 0.25) is 5.91 Å². The lowest BCUT2D eigenvalue weighted by Crippen LogP contribution is -2.32. The monoisotopic (exact) mass is 298 g/mol. The van der Waals surface area contributed by atoms with Crippen LogP contribution < -0.4 is 10.6 Å². The van der Waals surface area contributed by atoms with Crippen LogP contribution in [-0.4, -0.2) is 18.4 Å². The number of hydrogen-bond donors (Lipinski definition) is 2. The number of amides is 2. The van der Waals surface area contributed by atoms with Crippen molar-refractivity contribution in [1.82, 2.24) is 10.6 Å². The van der Waals surface area contributed by atoms with E-state index in [4.69, 9.17) is 4.42 Å². The van der Waals surface area contributed by atoms with E-state index < -0.39 is 0 Å². The number of carbonyl (C=O) groups is 2. The average Bonchev–Trinajstić information content (AvgIpc) is 3.17. The van der Waals surface area contributed by atoms with Crippen LogP contribution in [0.3, 0.4) is 0 Å². The molecule has 0 bridgehead atoms. The Labute approximate surface area is 128 Å². The van der Waals surface area contributed by atoms with Crippen molar-refractivity contribution in [3.05, 3.63) is 59.5 Å². The van der Waals surface area contributed by atoms with E-state index >= 15 is 0 Å². The molecule has 1 aromatic heterocycles. The molecule has 0 spiro atoms. The van der Waals surface area contributed by atoms with Gasteiger partial charge in [-0.2, -0.15) is 0 Å². The molecule has 1 atom stereocenters. The Kier molecular flexibility index (Phi) is 4.23. The standard InChI is InChI=1S/C17H18N2O3/c20-16(9-10-18-17(21)15-6-3-11-22-15)19-14-8-7-12-4-1-2-5-13(12)14/h1-6,11,14H,7-10H2,(H,18,21)(H,19,20). The summed E-state index contributed by atoms with van der Waals surface area (Å²) in [7, 11) is 0. The van der Waals surface area contributed by atoms with E-state index in [0.29, 0.717) is 6.54 Å². The van der Waals surface area contributed by atoms with Gasteiger partial charge in [-0.05, 0) is 36.1 Å². The molecule has 0 radical (unpaired) electrons. The molecule has 3 rings (SSSR count). The van der Waals surface area contributed by atoms with Gasteiger partial charge in [0.25, 0.3) is 5.91 Å². The van der Waals surface area contributed by atoms with Gasteiger partial charge in [-0.15, -0.1) is 0 Å². The molecule has 22 heavy (non-hydrogen) atoms.